The van der Waals surface area contributed by atoms with Crippen molar-refractivity contribution in [2.24, 2.45) is 17.6 Å². The maximum absolute atomic E-state index is 12.8. The summed E-state index contributed by atoms with van der Waals surface area (Å²) in [6, 6.07) is 11.2. The molecular weight excluding hydrogens is 450 g/mol. The number of rotatable bonds is 8. The molecule has 34 heavy (non-hydrogen) atoms. The van der Waals surface area contributed by atoms with Crippen LogP contribution in [0.4, 0.5) is 5.69 Å². The van der Waals surface area contributed by atoms with Crippen LogP contribution in [0.1, 0.15) is 44.1 Å². The predicted octanol–water partition coefficient (Wildman–Crippen LogP) is 3.93. The third kappa shape index (κ3) is 4.78. The van der Waals surface area contributed by atoms with E-state index in [0.717, 1.165) is 60.3 Å². The zero-order chi connectivity index (χ0) is 23.7. The van der Waals surface area contributed by atoms with E-state index in [1.807, 2.05) is 30.5 Å². The number of hydrogen-bond acceptors (Lipinski definition) is 5. The van der Waals surface area contributed by atoms with E-state index in [1.165, 1.54) is 5.56 Å². The number of nitrogens with two attached hydrogens (primary N) is 1. The minimum Gasteiger partial charge on any atom is -0.374 e. The second kappa shape index (κ2) is 9.56. The molecule has 1 amide bonds. The van der Waals surface area contributed by atoms with Crippen molar-refractivity contribution in [1.82, 2.24) is 15.3 Å². The predicted molar refractivity (Wildman–Crippen MR) is 135 cm³/mol. The molecule has 2 saturated carbocycles. The molecule has 6 N–H and O–H groups in total. The number of aromatic amines is 1. The smallest absolute Gasteiger partial charge is 0.237 e. The Morgan fingerprint density at radius 3 is 2.56 bits per heavy atom. The van der Waals surface area contributed by atoms with Gasteiger partial charge in [-0.3, -0.25) is 4.79 Å². The molecule has 2 aliphatic carbocycles. The van der Waals surface area contributed by atoms with Gasteiger partial charge in [0, 0.05) is 46.4 Å². The molecule has 7 nitrogen and oxygen atoms in total. The van der Waals surface area contributed by atoms with Gasteiger partial charge in [0.15, 0.2) is 0 Å². The normalized spacial score (nSPS) is 23.3. The van der Waals surface area contributed by atoms with E-state index >= 15 is 0 Å². The Kier molecular flexibility index (Phi) is 6.51. The Bertz CT molecular complexity index is 1140. The van der Waals surface area contributed by atoms with Crippen LogP contribution in [0.25, 0.3) is 11.0 Å². The third-order valence-corrected chi connectivity index (χ3v) is 8.00. The van der Waals surface area contributed by atoms with Crippen LogP contribution in [0.5, 0.6) is 0 Å². The van der Waals surface area contributed by atoms with Gasteiger partial charge in [0.25, 0.3) is 0 Å². The van der Waals surface area contributed by atoms with Crippen LogP contribution in [0.15, 0.2) is 48.8 Å². The highest BCUT2D eigenvalue weighted by molar-refractivity contribution is 6.30. The highest BCUT2D eigenvalue weighted by Gasteiger charge is 2.44. The molecule has 2 aliphatic rings. The van der Waals surface area contributed by atoms with Gasteiger partial charge in [-0.1, -0.05) is 23.7 Å². The Morgan fingerprint density at radius 2 is 1.85 bits per heavy atom. The number of carbonyl (C=O) groups excluding carboxylic acids is 1. The van der Waals surface area contributed by atoms with Gasteiger partial charge >= 0.3 is 0 Å². The van der Waals surface area contributed by atoms with Gasteiger partial charge in [0.1, 0.15) is 11.9 Å². The lowest BCUT2D eigenvalue weighted by molar-refractivity contribution is -0.124. The molecule has 0 bridgehead atoms. The SMILES string of the molecule is NC(C(=O)NCC1(c2ccc(Cl)cc2)CC1)C1CCC(C(O)Nc2ccnc3[nH]ccc23)CC1. The van der Waals surface area contributed by atoms with E-state index in [0.29, 0.717) is 6.54 Å². The number of amides is 1. The highest BCUT2D eigenvalue weighted by atomic mass is 35.5. The molecule has 0 spiro atoms. The van der Waals surface area contributed by atoms with Crippen LogP contribution in [-0.4, -0.2) is 39.8 Å². The molecular formula is C26H32ClN5O2. The average Bonchev–Trinajstić information content (AvgIpc) is 3.49. The van der Waals surface area contributed by atoms with Crippen molar-refractivity contribution in [3.05, 3.63) is 59.4 Å². The van der Waals surface area contributed by atoms with Crippen LogP contribution in [0, 0.1) is 11.8 Å². The van der Waals surface area contributed by atoms with Gasteiger partial charge in [0.05, 0.1) is 6.04 Å². The van der Waals surface area contributed by atoms with Crippen molar-refractivity contribution >= 4 is 34.2 Å². The summed E-state index contributed by atoms with van der Waals surface area (Å²) in [5.41, 5.74) is 9.28. The number of aromatic nitrogens is 2. The number of pyridine rings is 1. The first kappa shape index (κ1) is 23.1. The van der Waals surface area contributed by atoms with Crippen molar-refractivity contribution < 1.29 is 9.90 Å². The van der Waals surface area contributed by atoms with Crippen LogP contribution >= 0.6 is 11.6 Å². The summed E-state index contributed by atoms with van der Waals surface area (Å²) in [4.78, 5) is 20.2. The number of H-pyrrole nitrogens is 1. The molecule has 0 radical (unpaired) electrons. The summed E-state index contributed by atoms with van der Waals surface area (Å²) in [6.07, 6.45) is 8.35. The van der Waals surface area contributed by atoms with Gasteiger partial charge in [-0.25, -0.2) is 4.98 Å². The number of halogens is 1. The van der Waals surface area contributed by atoms with Crippen LogP contribution < -0.4 is 16.4 Å². The summed E-state index contributed by atoms with van der Waals surface area (Å²) in [5.74, 6) is 0.175. The molecule has 2 atom stereocenters. The zero-order valence-corrected chi connectivity index (χ0v) is 19.9. The van der Waals surface area contributed by atoms with Crippen LogP contribution in [0.3, 0.4) is 0 Å². The number of nitrogens with zero attached hydrogens (tertiary/aromatic N) is 1. The molecule has 8 heteroatoms. The Hall–Kier alpha value is -2.61. The first-order chi connectivity index (χ1) is 16.4. The van der Waals surface area contributed by atoms with E-state index in [4.69, 9.17) is 17.3 Å². The largest absolute Gasteiger partial charge is 0.374 e. The third-order valence-electron chi connectivity index (χ3n) is 7.75. The lowest BCUT2D eigenvalue weighted by atomic mass is 9.77. The topological polar surface area (TPSA) is 116 Å². The number of aliphatic hydroxyl groups excluding tert-OH is 1. The van der Waals surface area contributed by atoms with Crippen molar-refractivity contribution in [3.8, 4) is 0 Å². The minimum absolute atomic E-state index is 0.0191. The Balaban J connectivity index is 1.10. The molecule has 2 heterocycles. The molecule has 0 saturated heterocycles. The Morgan fingerprint density at radius 1 is 1.15 bits per heavy atom. The number of benzene rings is 1. The standard InChI is InChI=1S/C26H32ClN5O2/c27-19-7-5-18(6-8-19)26(11-12-26)15-31-25(34)22(28)16-1-3-17(4-2-16)24(33)32-21-10-14-30-23-20(21)9-13-29-23/h5-10,13-14,16-17,22,24,33H,1-4,11-12,15,28H2,(H,31,34)(H2,29,30,32). The zero-order valence-electron chi connectivity index (χ0n) is 19.1. The van der Waals surface area contributed by atoms with Crippen LogP contribution in [0.2, 0.25) is 5.02 Å². The van der Waals surface area contributed by atoms with E-state index < -0.39 is 12.3 Å². The Labute approximate surface area is 204 Å². The van der Waals surface area contributed by atoms with Gasteiger partial charge in [-0.15, -0.1) is 0 Å². The van der Waals surface area contributed by atoms with Gasteiger partial charge < -0.3 is 26.5 Å². The molecule has 1 aromatic carbocycles. The van der Waals surface area contributed by atoms with Crippen molar-refractivity contribution in [2.45, 2.75) is 56.2 Å². The first-order valence-corrected chi connectivity index (χ1v) is 12.5. The van der Waals surface area contributed by atoms with Crippen molar-refractivity contribution in [3.63, 3.8) is 0 Å². The lowest BCUT2D eigenvalue weighted by Crippen LogP contribution is -2.48. The fraction of sp³-hybridized carbons (Fsp3) is 0.462. The van der Waals surface area contributed by atoms with Gasteiger partial charge in [-0.2, -0.15) is 0 Å². The van der Waals surface area contributed by atoms with E-state index in [9.17, 15) is 9.90 Å². The monoisotopic (exact) mass is 481 g/mol. The fourth-order valence-electron chi connectivity index (χ4n) is 5.29. The molecule has 5 rings (SSSR count). The lowest BCUT2D eigenvalue weighted by Gasteiger charge is -2.34. The quantitative estimate of drug-likeness (QED) is 0.313. The molecule has 2 unspecified atom stereocenters. The number of nitrogens with one attached hydrogen (secondary N) is 3. The molecule has 2 aromatic heterocycles. The van der Waals surface area contributed by atoms with Crippen molar-refractivity contribution in [2.75, 3.05) is 11.9 Å². The van der Waals surface area contributed by atoms with Gasteiger partial charge in [0.2, 0.25) is 5.91 Å². The van der Waals surface area contributed by atoms with Crippen molar-refractivity contribution in [1.29, 1.82) is 0 Å². The van der Waals surface area contributed by atoms with E-state index in [2.05, 4.69) is 32.7 Å². The molecule has 180 valence electrons. The molecule has 2 fully saturated rings. The maximum Gasteiger partial charge on any atom is 0.237 e. The highest BCUT2D eigenvalue weighted by Crippen LogP contribution is 2.47. The first-order valence-electron chi connectivity index (χ1n) is 12.1. The van der Waals surface area contributed by atoms with E-state index in [1.54, 1.807) is 6.20 Å². The summed E-state index contributed by atoms with van der Waals surface area (Å²) in [7, 11) is 0. The summed E-state index contributed by atoms with van der Waals surface area (Å²) < 4.78 is 0. The van der Waals surface area contributed by atoms with Crippen LogP contribution in [-0.2, 0) is 10.2 Å². The average molecular weight is 482 g/mol. The summed E-state index contributed by atoms with van der Waals surface area (Å²) >= 11 is 6.02. The fourth-order valence-corrected chi connectivity index (χ4v) is 5.42. The minimum atomic E-state index is -0.652. The number of fused-ring (bicyclic) bond motifs is 1. The summed E-state index contributed by atoms with van der Waals surface area (Å²) in [6.45, 7) is 0.610. The number of hydrogen-bond donors (Lipinski definition) is 5. The van der Waals surface area contributed by atoms with Gasteiger partial charge in [-0.05, 0) is 74.3 Å². The second-order valence-electron chi connectivity index (χ2n) is 9.89. The maximum atomic E-state index is 12.8. The number of carbonyl (C=O) groups is 1. The number of aliphatic hydroxyl groups is 1. The number of anilines is 1. The summed E-state index contributed by atoms with van der Waals surface area (Å²) in [5, 5.41) is 18.8. The molecule has 0 aliphatic heterocycles. The van der Waals surface area contributed by atoms with E-state index in [-0.39, 0.29) is 23.2 Å². The second-order valence-corrected chi connectivity index (χ2v) is 10.3. The molecule has 3 aromatic rings.